The van der Waals surface area contributed by atoms with E-state index in [1.807, 2.05) is 22.8 Å². The number of imidazole rings is 1. The van der Waals surface area contributed by atoms with Gasteiger partial charge >= 0.3 is 0 Å². The van der Waals surface area contributed by atoms with E-state index in [2.05, 4.69) is 29.0 Å². The van der Waals surface area contributed by atoms with Crippen molar-refractivity contribution in [3.05, 3.63) is 52.9 Å². The molecule has 0 aliphatic heterocycles. The van der Waals surface area contributed by atoms with Crippen molar-refractivity contribution in [2.75, 3.05) is 0 Å². The second kappa shape index (κ2) is 5.43. The van der Waals surface area contributed by atoms with Crippen LogP contribution in [0.4, 0.5) is 0 Å². The number of benzene rings is 1. The van der Waals surface area contributed by atoms with E-state index in [0.717, 1.165) is 29.1 Å². The van der Waals surface area contributed by atoms with Gasteiger partial charge in [0.2, 0.25) is 0 Å². The topological polar surface area (TPSA) is 30.7 Å². The predicted octanol–water partition coefficient (Wildman–Crippen LogP) is 4.38. The summed E-state index contributed by atoms with van der Waals surface area (Å²) >= 11 is 12.0. The van der Waals surface area contributed by atoms with Gasteiger partial charge in [0, 0.05) is 6.20 Å². The summed E-state index contributed by atoms with van der Waals surface area (Å²) in [5.74, 6) is 1.10. The third-order valence-electron chi connectivity index (χ3n) is 3.27. The Kier molecular flexibility index (Phi) is 3.64. The van der Waals surface area contributed by atoms with Crippen LogP contribution in [0.2, 0.25) is 5.02 Å². The molecule has 0 atom stereocenters. The SMILES string of the molecule is CCc1ccccc1-n1c(CCl)nc2cc(Cl)cnc21. The molecule has 102 valence electrons. The van der Waals surface area contributed by atoms with Gasteiger partial charge < -0.3 is 0 Å². The summed E-state index contributed by atoms with van der Waals surface area (Å²) in [7, 11) is 0. The molecule has 3 nitrogen and oxygen atoms in total. The number of halogens is 2. The highest BCUT2D eigenvalue weighted by Crippen LogP contribution is 2.25. The fourth-order valence-corrected chi connectivity index (χ4v) is 2.69. The summed E-state index contributed by atoms with van der Waals surface area (Å²) in [5, 5.41) is 0.576. The van der Waals surface area contributed by atoms with Gasteiger partial charge in [0.25, 0.3) is 0 Å². The maximum absolute atomic E-state index is 6.04. The maximum atomic E-state index is 6.04. The first-order valence-electron chi connectivity index (χ1n) is 6.41. The number of hydrogen-bond donors (Lipinski definition) is 0. The minimum absolute atomic E-state index is 0.325. The Morgan fingerprint density at radius 1 is 1.25 bits per heavy atom. The van der Waals surface area contributed by atoms with Crippen LogP contribution < -0.4 is 0 Å². The molecule has 3 aromatic rings. The van der Waals surface area contributed by atoms with Crippen molar-refractivity contribution in [3.63, 3.8) is 0 Å². The number of para-hydroxylation sites is 1. The van der Waals surface area contributed by atoms with Crippen molar-refractivity contribution in [1.29, 1.82) is 0 Å². The molecule has 0 N–H and O–H groups in total. The van der Waals surface area contributed by atoms with Gasteiger partial charge in [-0.1, -0.05) is 36.7 Å². The number of nitrogens with zero attached hydrogens (tertiary/aromatic N) is 3. The van der Waals surface area contributed by atoms with Crippen LogP contribution in [0.25, 0.3) is 16.9 Å². The van der Waals surface area contributed by atoms with Gasteiger partial charge in [-0.3, -0.25) is 4.57 Å². The third kappa shape index (κ3) is 2.17. The van der Waals surface area contributed by atoms with Gasteiger partial charge in [-0.15, -0.1) is 11.6 Å². The van der Waals surface area contributed by atoms with Crippen molar-refractivity contribution in [2.24, 2.45) is 0 Å². The van der Waals surface area contributed by atoms with Gasteiger partial charge in [-0.25, -0.2) is 9.97 Å². The fraction of sp³-hybridized carbons (Fsp3) is 0.200. The van der Waals surface area contributed by atoms with Crippen LogP contribution in [0.5, 0.6) is 0 Å². The lowest BCUT2D eigenvalue weighted by Gasteiger charge is -2.11. The van der Waals surface area contributed by atoms with Crippen LogP contribution in [0.15, 0.2) is 36.5 Å². The molecule has 1 aromatic carbocycles. The van der Waals surface area contributed by atoms with Crippen LogP contribution in [0, 0.1) is 0 Å². The molecule has 0 saturated carbocycles. The molecule has 0 fully saturated rings. The minimum Gasteiger partial charge on any atom is -0.279 e. The molecule has 0 saturated heterocycles. The fourth-order valence-electron chi connectivity index (χ4n) is 2.36. The van der Waals surface area contributed by atoms with Crippen LogP contribution in [0.3, 0.4) is 0 Å². The average Bonchev–Trinajstić information content (AvgIpc) is 2.84. The number of aryl methyl sites for hydroxylation is 1. The highest BCUT2D eigenvalue weighted by Gasteiger charge is 2.15. The van der Waals surface area contributed by atoms with Gasteiger partial charge in [0.05, 0.1) is 16.6 Å². The third-order valence-corrected chi connectivity index (χ3v) is 3.71. The normalized spacial score (nSPS) is 11.2. The summed E-state index contributed by atoms with van der Waals surface area (Å²) in [4.78, 5) is 8.94. The number of pyridine rings is 1. The summed E-state index contributed by atoms with van der Waals surface area (Å²) in [6, 6.07) is 10.0. The number of alkyl halides is 1. The first kappa shape index (κ1) is 13.4. The largest absolute Gasteiger partial charge is 0.279 e. The monoisotopic (exact) mass is 305 g/mol. The van der Waals surface area contributed by atoms with E-state index in [1.165, 1.54) is 5.56 Å². The molecular weight excluding hydrogens is 293 g/mol. The van der Waals surface area contributed by atoms with E-state index in [1.54, 1.807) is 6.20 Å². The Labute approximate surface area is 127 Å². The van der Waals surface area contributed by atoms with Crippen molar-refractivity contribution in [2.45, 2.75) is 19.2 Å². The molecule has 20 heavy (non-hydrogen) atoms. The van der Waals surface area contributed by atoms with Crippen molar-refractivity contribution in [3.8, 4) is 5.69 Å². The number of rotatable bonds is 3. The lowest BCUT2D eigenvalue weighted by atomic mass is 10.1. The van der Waals surface area contributed by atoms with Crippen LogP contribution in [-0.4, -0.2) is 14.5 Å². The molecule has 3 rings (SSSR count). The molecular formula is C15H13Cl2N3. The molecule has 0 spiro atoms. The molecule has 2 aromatic heterocycles. The molecule has 0 unspecified atom stereocenters. The van der Waals surface area contributed by atoms with E-state index >= 15 is 0 Å². The number of aromatic nitrogens is 3. The van der Waals surface area contributed by atoms with Crippen molar-refractivity contribution < 1.29 is 0 Å². The Hall–Kier alpha value is -1.58. The standard InChI is InChI=1S/C15H13Cl2N3/c1-2-10-5-3-4-6-13(10)20-14(8-16)19-12-7-11(17)9-18-15(12)20/h3-7,9H,2,8H2,1H3. The van der Waals surface area contributed by atoms with Crippen LogP contribution in [0.1, 0.15) is 18.3 Å². The summed E-state index contributed by atoms with van der Waals surface area (Å²) < 4.78 is 2.01. The van der Waals surface area contributed by atoms with E-state index in [9.17, 15) is 0 Å². The van der Waals surface area contributed by atoms with Gasteiger partial charge in [-0.05, 0) is 24.1 Å². The highest BCUT2D eigenvalue weighted by atomic mass is 35.5. The quantitative estimate of drug-likeness (QED) is 0.673. The zero-order valence-corrected chi connectivity index (χ0v) is 12.5. The molecule has 0 radical (unpaired) electrons. The van der Waals surface area contributed by atoms with Gasteiger partial charge in [0.1, 0.15) is 11.3 Å². The average molecular weight is 306 g/mol. The second-order valence-corrected chi connectivity index (χ2v) is 5.18. The Bertz CT molecular complexity index is 765. The summed E-state index contributed by atoms with van der Waals surface area (Å²) in [6.07, 6.45) is 2.57. The number of hydrogen-bond acceptors (Lipinski definition) is 2. The van der Waals surface area contributed by atoms with Crippen LogP contribution >= 0.6 is 23.2 Å². The molecule has 0 aliphatic rings. The van der Waals surface area contributed by atoms with E-state index in [4.69, 9.17) is 23.2 Å². The Morgan fingerprint density at radius 2 is 2.05 bits per heavy atom. The van der Waals surface area contributed by atoms with E-state index < -0.39 is 0 Å². The predicted molar refractivity (Wildman–Crippen MR) is 82.8 cm³/mol. The maximum Gasteiger partial charge on any atom is 0.164 e. The van der Waals surface area contributed by atoms with E-state index in [0.29, 0.717) is 10.9 Å². The number of fused-ring (bicyclic) bond motifs is 1. The Balaban J connectivity index is 2.34. The smallest absolute Gasteiger partial charge is 0.164 e. The summed E-state index contributed by atoms with van der Waals surface area (Å²) in [6.45, 7) is 2.13. The molecule has 0 amide bonds. The summed E-state index contributed by atoms with van der Waals surface area (Å²) in [5.41, 5.74) is 3.85. The lowest BCUT2D eigenvalue weighted by Crippen LogP contribution is -2.03. The Morgan fingerprint density at radius 3 is 2.80 bits per heavy atom. The molecule has 5 heteroatoms. The zero-order valence-electron chi connectivity index (χ0n) is 11.0. The molecule has 0 aliphatic carbocycles. The first-order valence-corrected chi connectivity index (χ1v) is 7.33. The molecule has 2 heterocycles. The van der Waals surface area contributed by atoms with Crippen LogP contribution in [-0.2, 0) is 12.3 Å². The van der Waals surface area contributed by atoms with Crippen molar-refractivity contribution >= 4 is 34.4 Å². The zero-order chi connectivity index (χ0) is 14.1. The van der Waals surface area contributed by atoms with E-state index in [-0.39, 0.29) is 0 Å². The van der Waals surface area contributed by atoms with Gasteiger partial charge in [-0.2, -0.15) is 0 Å². The first-order chi connectivity index (χ1) is 9.74. The second-order valence-electron chi connectivity index (χ2n) is 4.48. The molecule has 0 bridgehead atoms. The van der Waals surface area contributed by atoms with Crippen molar-refractivity contribution in [1.82, 2.24) is 14.5 Å². The minimum atomic E-state index is 0.325. The lowest BCUT2D eigenvalue weighted by molar-refractivity contribution is 0.945. The van der Waals surface area contributed by atoms with Gasteiger partial charge in [0.15, 0.2) is 5.65 Å². The highest BCUT2D eigenvalue weighted by molar-refractivity contribution is 6.31.